The van der Waals surface area contributed by atoms with Gasteiger partial charge in [0, 0.05) is 15.8 Å². The number of allylic oxidation sites excluding steroid dienone is 1. The van der Waals surface area contributed by atoms with Crippen LogP contribution < -0.4 is 0 Å². The van der Waals surface area contributed by atoms with Crippen LogP contribution in [-0.2, 0) is 6.42 Å². The Morgan fingerprint density at radius 3 is 2.22 bits per heavy atom. The first-order chi connectivity index (χ1) is 8.59. The molecule has 0 saturated heterocycles. The number of rotatable bonds is 0. The molecule has 3 rings (SSSR count). The Balaban J connectivity index is 2.43. The summed E-state index contributed by atoms with van der Waals surface area (Å²) in [6.45, 7) is 0. The van der Waals surface area contributed by atoms with Crippen molar-refractivity contribution >= 4 is 63.3 Å². The van der Waals surface area contributed by atoms with Gasteiger partial charge in [0.1, 0.15) is 0 Å². The van der Waals surface area contributed by atoms with Crippen LogP contribution in [0.5, 0.6) is 0 Å². The Hall–Kier alpha value is -0.400. The van der Waals surface area contributed by atoms with Crippen molar-refractivity contribution < 1.29 is 0 Å². The maximum absolute atomic E-state index is 6.45. The minimum atomic E-state index is -0.228. The van der Waals surface area contributed by atoms with Gasteiger partial charge < -0.3 is 0 Å². The minimum absolute atomic E-state index is 0.228. The summed E-state index contributed by atoms with van der Waals surface area (Å²) in [4.78, 5) is 0. The van der Waals surface area contributed by atoms with Gasteiger partial charge in [-0.25, -0.2) is 0 Å². The first kappa shape index (κ1) is 12.6. The molecule has 1 unspecified atom stereocenters. The van der Waals surface area contributed by atoms with E-state index in [1.807, 2.05) is 30.3 Å². The highest BCUT2D eigenvalue weighted by atomic mass is 35.5. The molecule has 0 nitrogen and oxygen atoms in total. The Bertz CT molecular complexity index is 673. The highest BCUT2D eigenvalue weighted by Crippen LogP contribution is 2.42. The average molecular weight is 318 g/mol. The lowest BCUT2D eigenvalue weighted by atomic mass is 9.93. The molecule has 2 aromatic carbocycles. The summed E-state index contributed by atoms with van der Waals surface area (Å²) in [7, 11) is 0. The van der Waals surface area contributed by atoms with Gasteiger partial charge in [0.15, 0.2) is 0 Å². The molecule has 0 aromatic heterocycles. The monoisotopic (exact) mass is 316 g/mol. The third-order valence-corrected chi connectivity index (χ3v) is 4.90. The molecular weight excluding hydrogens is 310 g/mol. The molecule has 4 heteroatoms. The van der Waals surface area contributed by atoms with E-state index in [0.717, 1.165) is 26.9 Å². The molecule has 2 aromatic rings. The van der Waals surface area contributed by atoms with Crippen LogP contribution >= 0.6 is 46.4 Å². The zero-order valence-electron chi connectivity index (χ0n) is 9.18. The maximum Gasteiger partial charge on any atom is 0.0733 e. The van der Waals surface area contributed by atoms with Crippen molar-refractivity contribution in [1.82, 2.24) is 0 Å². The van der Waals surface area contributed by atoms with E-state index in [4.69, 9.17) is 46.4 Å². The normalized spacial score (nSPS) is 18.7. The zero-order valence-corrected chi connectivity index (χ0v) is 12.2. The molecule has 0 spiro atoms. The molecule has 1 aliphatic carbocycles. The third-order valence-electron chi connectivity index (χ3n) is 3.19. The lowest BCUT2D eigenvalue weighted by Crippen LogP contribution is -2.11. The summed E-state index contributed by atoms with van der Waals surface area (Å²) in [5.74, 6) is 0. The first-order valence-corrected chi connectivity index (χ1v) is 7.06. The predicted molar refractivity (Wildman–Crippen MR) is 81.1 cm³/mol. The number of hydrogen-bond acceptors (Lipinski definition) is 0. The van der Waals surface area contributed by atoms with E-state index in [1.165, 1.54) is 0 Å². The van der Waals surface area contributed by atoms with E-state index >= 15 is 0 Å². The molecule has 18 heavy (non-hydrogen) atoms. The number of halogens is 4. The maximum atomic E-state index is 6.45. The van der Waals surface area contributed by atoms with Crippen molar-refractivity contribution in [2.24, 2.45) is 0 Å². The van der Waals surface area contributed by atoms with E-state index in [1.54, 1.807) is 0 Å². The number of benzene rings is 2. The average Bonchev–Trinajstić information content (AvgIpc) is 2.38. The summed E-state index contributed by atoms with van der Waals surface area (Å²) < 4.78 is 0. The highest BCUT2D eigenvalue weighted by molar-refractivity contribution is 6.44. The van der Waals surface area contributed by atoms with Crippen molar-refractivity contribution in [3.8, 4) is 0 Å². The SMILES string of the molecule is ClC1=Cc2c(c(Cl)c3ccccc3c2Cl)CC1Cl. The predicted octanol–water partition coefficient (Wildman–Crippen LogP) is 5.89. The second-order valence-electron chi connectivity index (χ2n) is 4.27. The Morgan fingerprint density at radius 2 is 1.56 bits per heavy atom. The largest absolute Gasteiger partial charge is 0.116 e. The smallest absolute Gasteiger partial charge is 0.0733 e. The van der Waals surface area contributed by atoms with Crippen molar-refractivity contribution in [2.45, 2.75) is 11.8 Å². The fourth-order valence-corrected chi connectivity index (χ4v) is 3.36. The molecule has 0 radical (unpaired) electrons. The summed E-state index contributed by atoms with van der Waals surface area (Å²) in [5, 5.41) is 3.68. The molecule has 0 N–H and O–H groups in total. The molecule has 0 saturated carbocycles. The van der Waals surface area contributed by atoms with E-state index < -0.39 is 0 Å². The topological polar surface area (TPSA) is 0 Å². The molecule has 0 fully saturated rings. The molecule has 1 atom stereocenters. The standard InChI is InChI=1S/C14H8Cl4/c15-11-5-9-10(6-12(11)16)14(18)8-4-2-1-3-7(8)13(9)17/h1-5,12H,6H2. The number of alkyl halides is 1. The van der Waals surface area contributed by atoms with Crippen molar-refractivity contribution in [3.05, 3.63) is 50.5 Å². The van der Waals surface area contributed by atoms with Gasteiger partial charge in [-0.2, -0.15) is 0 Å². The van der Waals surface area contributed by atoms with Gasteiger partial charge in [0.25, 0.3) is 0 Å². The number of hydrogen-bond donors (Lipinski definition) is 0. The van der Waals surface area contributed by atoms with Crippen molar-refractivity contribution in [2.75, 3.05) is 0 Å². The van der Waals surface area contributed by atoms with E-state index in [2.05, 4.69) is 0 Å². The van der Waals surface area contributed by atoms with E-state index in [0.29, 0.717) is 16.5 Å². The van der Waals surface area contributed by atoms with Gasteiger partial charge in [-0.1, -0.05) is 59.1 Å². The molecule has 1 aliphatic rings. The highest BCUT2D eigenvalue weighted by Gasteiger charge is 2.24. The summed E-state index contributed by atoms with van der Waals surface area (Å²) >= 11 is 25.2. The third kappa shape index (κ3) is 1.83. The summed E-state index contributed by atoms with van der Waals surface area (Å²) in [6.07, 6.45) is 2.42. The molecule has 0 heterocycles. The van der Waals surface area contributed by atoms with Crippen molar-refractivity contribution in [3.63, 3.8) is 0 Å². The van der Waals surface area contributed by atoms with Gasteiger partial charge in [-0.15, -0.1) is 11.6 Å². The van der Waals surface area contributed by atoms with Gasteiger partial charge in [0.2, 0.25) is 0 Å². The minimum Gasteiger partial charge on any atom is -0.116 e. The number of fused-ring (bicyclic) bond motifs is 2. The van der Waals surface area contributed by atoms with Crippen LogP contribution in [0.3, 0.4) is 0 Å². The van der Waals surface area contributed by atoms with Crippen LogP contribution in [0.25, 0.3) is 16.8 Å². The lowest BCUT2D eigenvalue weighted by molar-refractivity contribution is 0.982. The van der Waals surface area contributed by atoms with Gasteiger partial charge in [-0.05, 0) is 23.6 Å². The van der Waals surface area contributed by atoms with Crippen LogP contribution in [0, 0.1) is 0 Å². The van der Waals surface area contributed by atoms with Gasteiger partial charge in [-0.3, -0.25) is 0 Å². The molecule has 0 amide bonds. The van der Waals surface area contributed by atoms with Crippen LogP contribution in [0.1, 0.15) is 11.1 Å². The van der Waals surface area contributed by atoms with Gasteiger partial charge >= 0.3 is 0 Å². The van der Waals surface area contributed by atoms with Crippen LogP contribution in [-0.4, -0.2) is 5.38 Å². The lowest BCUT2D eigenvalue weighted by Gasteiger charge is -2.21. The van der Waals surface area contributed by atoms with Crippen LogP contribution in [0.4, 0.5) is 0 Å². The summed E-state index contributed by atoms with van der Waals surface area (Å²) in [5.41, 5.74) is 1.87. The van der Waals surface area contributed by atoms with Crippen LogP contribution in [0.2, 0.25) is 10.0 Å². The molecular formula is C14H8Cl4. The Kier molecular flexibility index (Phi) is 3.23. The fourth-order valence-electron chi connectivity index (χ4n) is 2.28. The second-order valence-corrected chi connectivity index (χ2v) is 5.99. The quantitative estimate of drug-likeness (QED) is 0.531. The summed E-state index contributed by atoms with van der Waals surface area (Å²) in [6, 6.07) is 7.81. The Labute approximate surface area is 125 Å². The fraction of sp³-hybridized carbons (Fsp3) is 0.143. The van der Waals surface area contributed by atoms with Crippen LogP contribution in [0.15, 0.2) is 29.3 Å². The van der Waals surface area contributed by atoms with E-state index in [9.17, 15) is 0 Å². The zero-order chi connectivity index (χ0) is 12.9. The van der Waals surface area contributed by atoms with Gasteiger partial charge in [0.05, 0.1) is 15.4 Å². The second kappa shape index (κ2) is 4.61. The van der Waals surface area contributed by atoms with E-state index in [-0.39, 0.29) is 5.38 Å². The molecule has 0 aliphatic heterocycles. The Morgan fingerprint density at radius 1 is 0.944 bits per heavy atom. The molecule has 0 bridgehead atoms. The van der Waals surface area contributed by atoms with Crippen molar-refractivity contribution in [1.29, 1.82) is 0 Å². The first-order valence-electron chi connectivity index (χ1n) is 5.49. The molecule has 92 valence electrons.